The van der Waals surface area contributed by atoms with Crippen LogP contribution in [0.4, 0.5) is 0 Å². The zero-order chi connectivity index (χ0) is 14.0. The van der Waals surface area contributed by atoms with Crippen molar-refractivity contribution in [3.63, 3.8) is 0 Å². The summed E-state index contributed by atoms with van der Waals surface area (Å²) in [6, 6.07) is 2.89. The average molecular weight is 286 g/mol. The molecular weight excluding hydrogens is 272 g/mol. The number of aromatic amines is 1. The third-order valence-electron chi connectivity index (χ3n) is 2.60. The van der Waals surface area contributed by atoms with Crippen LogP contribution >= 0.6 is 0 Å². The van der Waals surface area contributed by atoms with Crippen LogP contribution in [0.2, 0.25) is 0 Å². The highest BCUT2D eigenvalue weighted by Crippen LogP contribution is 2.21. The molecule has 0 amide bonds. The van der Waals surface area contributed by atoms with Crippen LogP contribution < -0.4 is 10.5 Å². The number of rotatable bonds is 5. The quantitative estimate of drug-likeness (QED) is 0.772. The van der Waals surface area contributed by atoms with E-state index in [0.717, 1.165) is 0 Å². The maximum atomic E-state index is 12.1. The van der Waals surface area contributed by atoms with Crippen molar-refractivity contribution in [2.75, 3.05) is 20.3 Å². The Labute approximate surface area is 109 Å². The summed E-state index contributed by atoms with van der Waals surface area (Å²) in [5.41, 5.74) is 1.20. The molecule has 1 aromatic carbocycles. The average Bonchev–Trinajstić information content (AvgIpc) is 2.67. The number of H-pyrrole nitrogens is 1. The Hall–Kier alpha value is -1.64. The van der Waals surface area contributed by atoms with Gasteiger partial charge in [0.05, 0.1) is 17.0 Å². The van der Waals surface area contributed by atoms with Gasteiger partial charge in [-0.2, -0.15) is 0 Å². The SMILES string of the molecule is COCCNS(=O)(=O)c1cc2oc(=O)[nH]c2cc1C. The first kappa shape index (κ1) is 13.8. The van der Waals surface area contributed by atoms with Crippen molar-refractivity contribution in [1.29, 1.82) is 0 Å². The smallest absolute Gasteiger partial charge is 0.408 e. The third kappa shape index (κ3) is 2.86. The third-order valence-corrected chi connectivity index (χ3v) is 4.21. The normalized spacial score (nSPS) is 12.1. The van der Waals surface area contributed by atoms with Gasteiger partial charge >= 0.3 is 5.76 Å². The van der Waals surface area contributed by atoms with Gasteiger partial charge in [-0.3, -0.25) is 4.98 Å². The molecule has 0 aliphatic heterocycles. The Morgan fingerprint density at radius 1 is 1.42 bits per heavy atom. The first-order chi connectivity index (χ1) is 8.94. The molecular formula is C11H14N2O5S. The maximum Gasteiger partial charge on any atom is 0.417 e. The van der Waals surface area contributed by atoms with Gasteiger partial charge < -0.3 is 9.15 Å². The minimum atomic E-state index is -3.65. The van der Waals surface area contributed by atoms with E-state index in [1.165, 1.54) is 13.2 Å². The van der Waals surface area contributed by atoms with Crippen molar-refractivity contribution in [3.8, 4) is 0 Å². The summed E-state index contributed by atoms with van der Waals surface area (Å²) in [4.78, 5) is 13.6. The first-order valence-corrected chi connectivity index (χ1v) is 7.04. The Kier molecular flexibility index (Phi) is 3.74. The van der Waals surface area contributed by atoms with Crippen LogP contribution in [0.1, 0.15) is 5.56 Å². The van der Waals surface area contributed by atoms with Crippen molar-refractivity contribution in [3.05, 3.63) is 28.2 Å². The fraction of sp³-hybridized carbons (Fsp3) is 0.364. The van der Waals surface area contributed by atoms with E-state index in [1.54, 1.807) is 13.0 Å². The molecule has 0 bridgehead atoms. The molecule has 2 N–H and O–H groups in total. The second kappa shape index (κ2) is 5.16. The number of ether oxygens (including phenoxy) is 1. The molecule has 1 heterocycles. The van der Waals surface area contributed by atoms with E-state index in [1.807, 2.05) is 0 Å². The lowest BCUT2D eigenvalue weighted by molar-refractivity contribution is 0.204. The molecule has 7 nitrogen and oxygen atoms in total. The second-order valence-electron chi connectivity index (χ2n) is 4.02. The number of oxazole rings is 1. The van der Waals surface area contributed by atoms with Crippen molar-refractivity contribution < 1.29 is 17.6 Å². The van der Waals surface area contributed by atoms with Crippen molar-refractivity contribution in [2.24, 2.45) is 0 Å². The summed E-state index contributed by atoms with van der Waals surface area (Å²) < 4.78 is 36.2. The number of hydrogen-bond acceptors (Lipinski definition) is 5. The monoisotopic (exact) mass is 286 g/mol. The molecule has 0 atom stereocenters. The predicted octanol–water partition coefficient (Wildman–Crippen LogP) is 0.354. The van der Waals surface area contributed by atoms with Gasteiger partial charge in [0.25, 0.3) is 0 Å². The van der Waals surface area contributed by atoms with Gasteiger partial charge in [0.15, 0.2) is 5.58 Å². The lowest BCUT2D eigenvalue weighted by Crippen LogP contribution is -2.27. The first-order valence-electron chi connectivity index (χ1n) is 5.56. The van der Waals surface area contributed by atoms with Crippen molar-refractivity contribution >= 4 is 21.1 Å². The predicted molar refractivity (Wildman–Crippen MR) is 68.6 cm³/mol. The Morgan fingerprint density at radius 2 is 2.16 bits per heavy atom. The zero-order valence-electron chi connectivity index (χ0n) is 10.5. The molecule has 0 unspecified atom stereocenters. The fourth-order valence-electron chi connectivity index (χ4n) is 1.73. The molecule has 104 valence electrons. The van der Waals surface area contributed by atoms with Gasteiger partial charge in [0.2, 0.25) is 10.0 Å². The van der Waals surface area contributed by atoms with Crippen molar-refractivity contribution in [1.82, 2.24) is 9.71 Å². The number of aryl methyl sites for hydroxylation is 1. The van der Waals surface area contributed by atoms with Crippen LogP contribution in [-0.4, -0.2) is 33.7 Å². The molecule has 0 spiro atoms. The summed E-state index contributed by atoms with van der Waals surface area (Å²) in [5.74, 6) is -0.615. The molecule has 0 saturated carbocycles. The summed E-state index contributed by atoms with van der Waals surface area (Å²) in [5, 5.41) is 0. The van der Waals surface area contributed by atoms with Crippen LogP contribution in [0, 0.1) is 6.92 Å². The fourth-order valence-corrected chi connectivity index (χ4v) is 2.98. The number of benzene rings is 1. The standard InChI is InChI=1S/C11H14N2O5S/c1-7-5-8-9(18-11(14)13-8)6-10(7)19(15,16)12-3-4-17-2/h5-6,12H,3-4H2,1-2H3,(H,13,14). The Balaban J connectivity index is 2.43. The molecule has 0 saturated heterocycles. The Morgan fingerprint density at radius 3 is 2.84 bits per heavy atom. The number of sulfonamides is 1. The van der Waals surface area contributed by atoms with Gasteiger partial charge in [-0.1, -0.05) is 0 Å². The van der Waals surface area contributed by atoms with Crippen LogP contribution in [0.25, 0.3) is 11.1 Å². The largest absolute Gasteiger partial charge is 0.417 e. The van der Waals surface area contributed by atoms with E-state index >= 15 is 0 Å². The van der Waals surface area contributed by atoms with E-state index < -0.39 is 15.8 Å². The molecule has 0 fully saturated rings. The molecule has 0 aliphatic rings. The van der Waals surface area contributed by atoms with Gasteiger partial charge in [-0.25, -0.2) is 17.9 Å². The lowest BCUT2D eigenvalue weighted by atomic mass is 10.2. The number of fused-ring (bicyclic) bond motifs is 1. The van der Waals surface area contributed by atoms with E-state index in [0.29, 0.717) is 11.1 Å². The molecule has 2 rings (SSSR count). The highest BCUT2D eigenvalue weighted by Gasteiger charge is 2.18. The lowest BCUT2D eigenvalue weighted by Gasteiger charge is -2.08. The van der Waals surface area contributed by atoms with Crippen LogP contribution in [0.3, 0.4) is 0 Å². The van der Waals surface area contributed by atoms with Crippen molar-refractivity contribution in [2.45, 2.75) is 11.8 Å². The minimum absolute atomic E-state index is 0.0823. The minimum Gasteiger partial charge on any atom is -0.408 e. The highest BCUT2D eigenvalue weighted by atomic mass is 32.2. The van der Waals surface area contributed by atoms with Gasteiger partial charge in [0, 0.05) is 19.7 Å². The summed E-state index contributed by atoms with van der Waals surface area (Å²) >= 11 is 0. The van der Waals surface area contributed by atoms with Crippen LogP contribution in [-0.2, 0) is 14.8 Å². The Bertz CT molecular complexity index is 744. The van der Waals surface area contributed by atoms with Gasteiger partial charge in [0.1, 0.15) is 0 Å². The maximum absolute atomic E-state index is 12.1. The molecule has 8 heteroatoms. The summed E-state index contributed by atoms with van der Waals surface area (Å²) in [6.07, 6.45) is 0. The number of aromatic nitrogens is 1. The number of methoxy groups -OCH3 is 1. The molecule has 0 radical (unpaired) electrons. The topological polar surface area (TPSA) is 101 Å². The summed E-state index contributed by atoms with van der Waals surface area (Å²) in [6.45, 7) is 2.10. The molecule has 1 aromatic heterocycles. The summed E-state index contributed by atoms with van der Waals surface area (Å²) in [7, 11) is -2.17. The van der Waals surface area contributed by atoms with Crippen LogP contribution in [0.5, 0.6) is 0 Å². The van der Waals surface area contributed by atoms with E-state index in [2.05, 4.69) is 9.71 Å². The van der Waals surface area contributed by atoms with Crippen LogP contribution in [0.15, 0.2) is 26.2 Å². The van der Waals surface area contributed by atoms with Gasteiger partial charge in [-0.05, 0) is 18.6 Å². The van der Waals surface area contributed by atoms with E-state index in [4.69, 9.17) is 9.15 Å². The van der Waals surface area contributed by atoms with Gasteiger partial charge in [-0.15, -0.1) is 0 Å². The highest BCUT2D eigenvalue weighted by molar-refractivity contribution is 7.89. The second-order valence-corrected chi connectivity index (χ2v) is 5.75. The van der Waals surface area contributed by atoms with E-state index in [9.17, 15) is 13.2 Å². The van der Waals surface area contributed by atoms with E-state index in [-0.39, 0.29) is 23.6 Å². The molecule has 2 aromatic rings. The number of nitrogens with one attached hydrogen (secondary N) is 2. The number of hydrogen-bond donors (Lipinski definition) is 2. The molecule has 19 heavy (non-hydrogen) atoms. The zero-order valence-corrected chi connectivity index (χ0v) is 11.3. The molecule has 0 aliphatic carbocycles.